The summed E-state index contributed by atoms with van der Waals surface area (Å²) >= 11 is 0. The maximum absolute atomic E-state index is 14.4. The molecule has 0 radical (unpaired) electrons. The number of amides is 4. The molecular weight excluding hydrogens is 570 g/mol. The first-order valence-electron chi connectivity index (χ1n) is 14.6. The predicted molar refractivity (Wildman–Crippen MR) is 164 cm³/mol. The van der Waals surface area contributed by atoms with Crippen molar-refractivity contribution in [3.63, 3.8) is 0 Å². The Morgan fingerprint density at radius 2 is 1.75 bits per heavy atom. The van der Waals surface area contributed by atoms with Crippen LogP contribution in [0.2, 0.25) is 0 Å². The second-order valence-electron chi connectivity index (χ2n) is 10.9. The first kappa shape index (κ1) is 32.3. The topological polar surface area (TPSA) is 130 Å². The van der Waals surface area contributed by atoms with E-state index >= 15 is 0 Å². The molecule has 4 N–H and O–H groups in total. The highest BCUT2D eigenvalue weighted by Crippen LogP contribution is 2.26. The molecule has 1 saturated heterocycles. The van der Waals surface area contributed by atoms with E-state index in [4.69, 9.17) is 10.5 Å². The Morgan fingerprint density at radius 1 is 1.05 bits per heavy atom. The molecule has 4 amide bonds. The van der Waals surface area contributed by atoms with Crippen molar-refractivity contribution < 1.29 is 27.9 Å². The summed E-state index contributed by atoms with van der Waals surface area (Å²) < 4.78 is 34.2. The number of likely N-dealkylation sites (tertiary alicyclic amines) is 1. The SMILES string of the molecule is CCCCN(C(=O)Nc1cc(C(N)=O)c(F)cc1F)C1CCN(Cc2ccc(Oc3ccc(NC(C)=O)cc3)nc2C)CC1. The first-order chi connectivity index (χ1) is 21.0. The van der Waals surface area contributed by atoms with Crippen LogP contribution >= 0.6 is 0 Å². The van der Waals surface area contributed by atoms with E-state index in [1.54, 1.807) is 29.2 Å². The number of hydrogen-bond donors (Lipinski definition) is 3. The smallest absolute Gasteiger partial charge is 0.322 e. The number of rotatable bonds is 11. The van der Waals surface area contributed by atoms with E-state index in [-0.39, 0.29) is 17.6 Å². The van der Waals surface area contributed by atoms with Gasteiger partial charge in [0.05, 0.1) is 11.3 Å². The van der Waals surface area contributed by atoms with E-state index in [0.717, 1.165) is 56.1 Å². The standard InChI is InChI=1S/C32H38F2N6O4/c1-4-5-14-40(32(43)38-29-17-26(31(35)42)27(33)18-28(29)34)24-12-15-39(16-13-24)19-22-6-11-30(36-20(22)2)44-25-9-7-23(8-10-25)37-21(3)41/h6-11,17-18,24H,4-5,12-16,19H2,1-3H3,(H2,35,42)(H,37,41)(H,38,43). The van der Waals surface area contributed by atoms with Crippen LogP contribution in [0, 0.1) is 18.6 Å². The zero-order valence-electron chi connectivity index (χ0n) is 25.2. The van der Waals surface area contributed by atoms with Gasteiger partial charge in [-0.3, -0.25) is 14.5 Å². The van der Waals surface area contributed by atoms with Crippen molar-refractivity contribution in [3.05, 3.63) is 77.0 Å². The van der Waals surface area contributed by atoms with Crippen molar-refractivity contribution in [2.75, 3.05) is 30.3 Å². The number of aromatic nitrogens is 1. The highest BCUT2D eigenvalue weighted by atomic mass is 19.1. The maximum atomic E-state index is 14.4. The number of nitrogens with two attached hydrogens (primary N) is 1. The number of nitrogens with one attached hydrogen (secondary N) is 2. The number of anilines is 2. The minimum atomic E-state index is -1.08. The van der Waals surface area contributed by atoms with Crippen LogP contribution in [-0.2, 0) is 11.3 Å². The number of nitrogens with zero attached hydrogens (tertiary/aromatic N) is 3. The average Bonchev–Trinajstić information content (AvgIpc) is 2.97. The summed E-state index contributed by atoms with van der Waals surface area (Å²) in [5.41, 5.74) is 7.01. The van der Waals surface area contributed by atoms with E-state index in [9.17, 15) is 23.2 Å². The van der Waals surface area contributed by atoms with Gasteiger partial charge in [-0.2, -0.15) is 0 Å². The summed E-state index contributed by atoms with van der Waals surface area (Å²) in [7, 11) is 0. The summed E-state index contributed by atoms with van der Waals surface area (Å²) in [6.07, 6.45) is 3.08. The highest BCUT2D eigenvalue weighted by molar-refractivity contribution is 5.96. The van der Waals surface area contributed by atoms with E-state index in [0.29, 0.717) is 36.5 Å². The van der Waals surface area contributed by atoms with Gasteiger partial charge in [-0.1, -0.05) is 19.4 Å². The van der Waals surface area contributed by atoms with Gasteiger partial charge < -0.3 is 26.0 Å². The Morgan fingerprint density at radius 3 is 2.36 bits per heavy atom. The Bertz CT molecular complexity index is 1490. The van der Waals surface area contributed by atoms with Crippen LogP contribution in [0.15, 0.2) is 48.5 Å². The maximum Gasteiger partial charge on any atom is 0.322 e. The molecule has 4 rings (SSSR count). The van der Waals surface area contributed by atoms with Gasteiger partial charge in [0.1, 0.15) is 17.4 Å². The van der Waals surface area contributed by atoms with Crippen LogP contribution in [0.1, 0.15) is 61.1 Å². The number of carbonyl (C=O) groups is 3. The number of primary amides is 1. The van der Waals surface area contributed by atoms with Crippen molar-refractivity contribution in [2.24, 2.45) is 5.73 Å². The quantitative estimate of drug-likeness (QED) is 0.252. The lowest BCUT2D eigenvalue weighted by Gasteiger charge is -2.38. The fraction of sp³-hybridized carbons (Fsp3) is 0.375. The van der Waals surface area contributed by atoms with Crippen LogP contribution < -0.4 is 21.1 Å². The second kappa shape index (κ2) is 14.7. The number of pyridine rings is 1. The van der Waals surface area contributed by atoms with Gasteiger partial charge in [0.2, 0.25) is 11.8 Å². The van der Waals surface area contributed by atoms with Crippen molar-refractivity contribution >= 4 is 29.2 Å². The van der Waals surface area contributed by atoms with Gasteiger partial charge in [0.15, 0.2) is 0 Å². The molecule has 0 bridgehead atoms. The number of carbonyl (C=O) groups excluding carboxylic acids is 3. The van der Waals surface area contributed by atoms with Crippen LogP contribution in [0.25, 0.3) is 0 Å². The Kier molecular flexibility index (Phi) is 10.8. The van der Waals surface area contributed by atoms with Gasteiger partial charge in [-0.25, -0.2) is 18.6 Å². The molecule has 10 nitrogen and oxygen atoms in total. The fourth-order valence-corrected chi connectivity index (χ4v) is 5.15. The van der Waals surface area contributed by atoms with E-state index < -0.39 is 29.1 Å². The third-order valence-electron chi connectivity index (χ3n) is 7.54. The Labute approximate surface area is 255 Å². The molecule has 234 valence electrons. The third-order valence-corrected chi connectivity index (χ3v) is 7.54. The molecule has 1 aromatic heterocycles. The molecular formula is C32H38F2N6O4. The second-order valence-corrected chi connectivity index (χ2v) is 10.9. The summed E-state index contributed by atoms with van der Waals surface area (Å²) in [5, 5.41) is 5.23. The van der Waals surface area contributed by atoms with Crippen molar-refractivity contribution in [1.82, 2.24) is 14.8 Å². The van der Waals surface area contributed by atoms with Gasteiger partial charge in [-0.15, -0.1) is 0 Å². The molecule has 2 aromatic carbocycles. The number of ether oxygens (including phenoxy) is 1. The molecule has 3 aromatic rings. The van der Waals surface area contributed by atoms with E-state index in [1.165, 1.54) is 6.92 Å². The van der Waals surface area contributed by atoms with E-state index in [1.807, 2.05) is 26.0 Å². The minimum absolute atomic E-state index is 0.0658. The number of hydrogen-bond acceptors (Lipinski definition) is 6. The van der Waals surface area contributed by atoms with Crippen molar-refractivity contribution in [3.8, 4) is 11.6 Å². The normalized spacial score (nSPS) is 13.8. The number of piperidine rings is 1. The molecule has 0 saturated carbocycles. The summed E-state index contributed by atoms with van der Waals surface area (Å²) in [5.74, 6) is -2.18. The number of unbranched alkanes of at least 4 members (excludes halogenated alkanes) is 1. The van der Waals surface area contributed by atoms with Crippen molar-refractivity contribution in [2.45, 2.75) is 59.0 Å². The van der Waals surface area contributed by atoms with Gasteiger partial charge >= 0.3 is 6.03 Å². The Balaban J connectivity index is 1.35. The monoisotopic (exact) mass is 608 g/mol. The molecule has 0 atom stereocenters. The lowest BCUT2D eigenvalue weighted by Crippen LogP contribution is -2.49. The lowest BCUT2D eigenvalue weighted by molar-refractivity contribution is -0.114. The molecule has 0 aliphatic carbocycles. The Hall–Kier alpha value is -4.58. The first-order valence-corrected chi connectivity index (χ1v) is 14.6. The zero-order chi connectivity index (χ0) is 31.8. The van der Waals surface area contributed by atoms with Gasteiger partial charge in [0.25, 0.3) is 5.91 Å². The average molecular weight is 609 g/mol. The molecule has 44 heavy (non-hydrogen) atoms. The zero-order valence-corrected chi connectivity index (χ0v) is 25.2. The van der Waals surface area contributed by atoms with Crippen molar-refractivity contribution in [1.29, 1.82) is 0 Å². The molecule has 12 heteroatoms. The molecule has 2 heterocycles. The van der Waals surface area contributed by atoms with Crippen LogP contribution in [0.5, 0.6) is 11.6 Å². The van der Waals surface area contributed by atoms with Gasteiger partial charge in [0, 0.05) is 62.7 Å². The van der Waals surface area contributed by atoms with Crippen LogP contribution in [0.4, 0.5) is 25.0 Å². The molecule has 1 aliphatic heterocycles. The summed E-state index contributed by atoms with van der Waals surface area (Å²) in [4.78, 5) is 44.6. The largest absolute Gasteiger partial charge is 0.439 e. The van der Waals surface area contributed by atoms with Crippen LogP contribution in [0.3, 0.4) is 0 Å². The van der Waals surface area contributed by atoms with Crippen LogP contribution in [-0.4, -0.2) is 58.3 Å². The summed E-state index contributed by atoms with van der Waals surface area (Å²) in [6.45, 7) is 8.07. The van der Waals surface area contributed by atoms with Gasteiger partial charge in [-0.05, 0) is 62.1 Å². The number of urea groups is 1. The molecule has 0 unspecified atom stereocenters. The molecule has 1 aliphatic rings. The molecule has 0 spiro atoms. The molecule has 1 fully saturated rings. The fourth-order valence-electron chi connectivity index (χ4n) is 5.15. The predicted octanol–water partition coefficient (Wildman–Crippen LogP) is 5.82. The minimum Gasteiger partial charge on any atom is -0.439 e. The number of halogens is 2. The number of benzene rings is 2. The lowest BCUT2D eigenvalue weighted by atomic mass is 10.0. The highest BCUT2D eigenvalue weighted by Gasteiger charge is 2.29. The third kappa shape index (κ3) is 8.50. The summed E-state index contributed by atoms with van der Waals surface area (Å²) in [6, 6.07) is 11.8. The number of aryl methyl sites for hydroxylation is 1. The van der Waals surface area contributed by atoms with E-state index in [2.05, 4.69) is 20.5 Å².